The first-order valence-electron chi connectivity index (χ1n) is 10.6. The number of hydrogen-bond acceptors (Lipinski definition) is 4. The predicted octanol–water partition coefficient (Wildman–Crippen LogP) is 2.44. The minimum atomic E-state index is -3.49. The van der Waals surface area contributed by atoms with Gasteiger partial charge in [-0.25, -0.2) is 13.2 Å². The van der Waals surface area contributed by atoms with Crippen molar-refractivity contribution in [2.24, 2.45) is 11.8 Å². The van der Waals surface area contributed by atoms with Crippen molar-refractivity contribution in [3.63, 3.8) is 0 Å². The number of hydrogen-bond donors (Lipinski definition) is 1. The second-order valence-corrected chi connectivity index (χ2v) is 10.5. The molecule has 0 unspecified atom stereocenters. The van der Waals surface area contributed by atoms with E-state index in [0.29, 0.717) is 50.6 Å². The summed E-state index contributed by atoms with van der Waals surface area (Å²) in [4.78, 5) is 28.1. The van der Waals surface area contributed by atoms with E-state index in [-0.39, 0.29) is 22.8 Å². The number of nitrogens with zero attached hydrogens (tertiary/aromatic N) is 3. The van der Waals surface area contributed by atoms with Crippen LogP contribution < -0.4 is 5.32 Å². The van der Waals surface area contributed by atoms with Crippen LogP contribution in [0, 0.1) is 11.8 Å². The number of sulfonamides is 1. The van der Waals surface area contributed by atoms with Gasteiger partial charge in [0.25, 0.3) is 0 Å². The molecule has 9 heteroatoms. The van der Waals surface area contributed by atoms with Crippen LogP contribution in [0.1, 0.15) is 32.6 Å². The maximum atomic E-state index is 12.8. The van der Waals surface area contributed by atoms with Crippen LogP contribution in [-0.2, 0) is 14.8 Å². The summed E-state index contributed by atoms with van der Waals surface area (Å²) < 4.78 is 27.2. The molecule has 8 nitrogen and oxygen atoms in total. The molecular formula is C21H32N4O4S. The normalized spacial score (nSPS) is 19.5. The van der Waals surface area contributed by atoms with Crippen LogP contribution in [0.3, 0.4) is 0 Å². The minimum Gasteiger partial charge on any atom is -0.331 e. The van der Waals surface area contributed by atoms with Crippen LogP contribution in [0.2, 0.25) is 0 Å². The monoisotopic (exact) mass is 436 g/mol. The average molecular weight is 437 g/mol. The molecule has 0 aliphatic carbocycles. The molecule has 166 valence electrons. The lowest BCUT2D eigenvalue weighted by molar-refractivity contribution is -0.121. The molecule has 0 radical (unpaired) electrons. The van der Waals surface area contributed by atoms with Gasteiger partial charge in [0.05, 0.1) is 4.90 Å². The van der Waals surface area contributed by atoms with Gasteiger partial charge in [-0.3, -0.25) is 4.79 Å². The molecular weight excluding hydrogens is 404 g/mol. The van der Waals surface area contributed by atoms with Gasteiger partial charge in [-0.1, -0.05) is 6.92 Å². The Hall–Kier alpha value is -2.13. The lowest BCUT2D eigenvalue weighted by Crippen LogP contribution is -2.45. The van der Waals surface area contributed by atoms with Crippen molar-refractivity contribution in [1.82, 2.24) is 14.1 Å². The zero-order chi connectivity index (χ0) is 21.9. The topological polar surface area (TPSA) is 90.0 Å². The first-order valence-corrected chi connectivity index (χ1v) is 12.0. The second kappa shape index (κ2) is 9.34. The highest BCUT2D eigenvalue weighted by atomic mass is 32.2. The highest BCUT2D eigenvalue weighted by Crippen LogP contribution is 2.25. The highest BCUT2D eigenvalue weighted by Gasteiger charge is 2.29. The van der Waals surface area contributed by atoms with Crippen LogP contribution in [0.5, 0.6) is 0 Å². The fraction of sp³-hybridized carbons (Fsp3) is 0.619. The molecule has 0 atom stereocenters. The summed E-state index contributed by atoms with van der Waals surface area (Å²) in [6.07, 6.45) is 3.00. The fourth-order valence-electron chi connectivity index (χ4n) is 3.94. The van der Waals surface area contributed by atoms with Gasteiger partial charge in [0, 0.05) is 51.9 Å². The van der Waals surface area contributed by atoms with Crippen molar-refractivity contribution in [3.05, 3.63) is 24.3 Å². The van der Waals surface area contributed by atoms with Gasteiger partial charge >= 0.3 is 6.03 Å². The molecule has 3 amide bonds. The molecule has 2 aliphatic rings. The van der Waals surface area contributed by atoms with Crippen molar-refractivity contribution >= 4 is 27.6 Å². The lowest BCUT2D eigenvalue weighted by Gasteiger charge is -2.33. The number of urea groups is 1. The first kappa shape index (κ1) is 22.6. The summed E-state index contributed by atoms with van der Waals surface area (Å²) in [6, 6.07) is 6.36. The Morgan fingerprint density at radius 3 is 2.07 bits per heavy atom. The van der Waals surface area contributed by atoms with Gasteiger partial charge < -0.3 is 15.1 Å². The number of anilines is 1. The summed E-state index contributed by atoms with van der Waals surface area (Å²) in [7, 11) is -0.0553. The van der Waals surface area contributed by atoms with Crippen molar-refractivity contribution < 1.29 is 18.0 Å². The molecule has 2 heterocycles. The van der Waals surface area contributed by atoms with E-state index in [1.165, 1.54) is 0 Å². The summed E-state index contributed by atoms with van der Waals surface area (Å²) in [5, 5.41) is 2.88. The van der Waals surface area contributed by atoms with Crippen molar-refractivity contribution in [1.29, 1.82) is 0 Å². The van der Waals surface area contributed by atoms with Gasteiger partial charge in [-0.15, -0.1) is 0 Å². The van der Waals surface area contributed by atoms with Gasteiger partial charge in [-0.05, 0) is 55.9 Å². The number of nitrogens with one attached hydrogen (secondary N) is 1. The largest absolute Gasteiger partial charge is 0.331 e. The molecule has 0 aromatic heterocycles. The summed E-state index contributed by atoms with van der Waals surface area (Å²) >= 11 is 0. The number of piperidine rings is 2. The molecule has 2 fully saturated rings. The molecule has 0 bridgehead atoms. The smallest absolute Gasteiger partial charge is 0.319 e. The van der Waals surface area contributed by atoms with E-state index in [4.69, 9.17) is 0 Å². The Morgan fingerprint density at radius 1 is 0.967 bits per heavy atom. The lowest BCUT2D eigenvalue weighted by atomic mass is 9.96. The third kappa shape index (κ3) is 5.13. The number of benzene rings is 1. The van der Waals surface area contributed by atoms with Crippen LogP contribution in [0.25, 0.3) is 0 Å². The summed E-state index contributed by atoms with van der Waals surface area (Å²) in [6.45, 7) is 4.36. The Kier molecular flexibility index (Phi) is 7.02. The van der Waals surface area contributed by atoms with E-state index in [1.54, 1.807) is 52.5 Å². The van der Waals surface area contributed by atoms with Crippen LogP contribution in [-0.4, -0.2) is 74.7 Å². The third-order valence-electron chi connectivity index (χ3n) is 6.02. The number of amides is 3. The molecule has 2 saturated heterocycles. The number of likely N-dealkylation sites (tertiary alicyclic amines) is 1. The predicted molar refractivity (Wildman–Crippen MR) is 116 cm³/mol. The van der Waals surface area contributed by atoms with E-state index < -0.39 is 10.0 Å². The molecule has 0 spiro atoms. The zero-order valence-electron chi connectivity index (χ0n) is 18.0. The van der Waals surface area contributed by atoms with E-state index in [2.05, 4.69) is 12.2 Å². The molecule has 1 N–H and O–H groups in total. The molecule has 1 aromatic rings. The number of rotatable bonds is 4. The van der Waals surface area contributed by atoms with E-state index in [1.807, 2.05) is 0 Å². The molecule has 2 aliphatic heterocycles. The van der Waals surface area contributed by atoms with Crippen molar-refractivity contribution in [2.75, 3.05) is 45.6 Å². The molecule has 30 heavy (non-hydrogen) atoms. The van der Waals surface area contributed by atoms with Crippen LogP contribution in [0.15, 0.2) is 29.2 Å². The quantitative estimate of drug-likeness (QED) is 0.785. The van der Waals surface area contributed by atoms with Gasteiger partial charge in [-0.2, -0.15) is 4.31 Å². The van der Waals surface area contributed by atoms with Gasteiger partial charge in [0.2, 0.25) is 15.9 Å². The van der Waals surface area contributed by atoms with E-state index in [9.17, 15) is 18.0 Å². The van der Waals surface area contributed by atoms with Crippen LogP contribution in [0.4, 0.5) is 10.5 Å². The van der Waals surface area contributed by atoms with Gasteiger partial charge in [0.15, 0.2) is 0 Å². The SMILES string of the molecule is CC1CCN(S(=O)(=O)c2ccc(NC(=O)C3CCN(C(=O)N(C)C)CC3)cc2)CC1. The number of carbonyl (C=O) groups is 2. The zero-order valence-corrected chi connectivity index (χ0v) is 18.8. The average Bonchev–Trinajstić information content (AvgIpc) is 2.74. The second-order valence-electron chi connectivity index (χ2n) is 8.54. The Labute approximate surface area is 179 Å². The Morgan fingerprint density at radius 2 is 1.53 bits per heavy atom. The highest BCUT2D eigenvalue weighted by molar-refractivity contribution is 7.89. The molecule has 3 rings (SSSR count). The minimum absolute atomic E-state index is 0.0335. The van der Waals surface area contributed by atoms with Gasteiger partial charge in [0.1, 0.15) is 0 Å². The van der Waals surface area contributed by atoms with Crippen LogP contribution >= 0.6 is 0 Å². The van der Waals surface area contributed by atoms with E-state index >= 15 is 0 Å². The Bertz CT molecular complexity index is 853. The van der Waals surface area contributed by atoms with Crippen molar-refractivity contribution in [3.8, 4) is 0 Å². The number of carbonyl (C=O) groups excluding carboxylic acids is 2. The summed E-state index contributed by atoms with van der Waals surface area (Å²) in [5.41, 5.74) is 0.581. The van der Waals surface area contributed by atoms with E-state index in [0.717, 1.165) is 12.8 Å². The molecule has 1 aromatic carbocycles. The first-order chi connectivity index (χ1) is 14.2. The third-order valence-corrected chi connectivity index (χ3v) is 7.93. The standard InChI is InChI=1S/C21H32N4O4S/c1-16-8-14-25(15-9-16)30(28,29)19-6-4-18(5-7-19)22-20(26)17-10-12-24(13-11-17)21(27)23(2)3/h4-7,16-17H,8-15H2,1-3H3,(H,22,26). The van der Waals surface area contributed by atoms with Crippen molar-refractivity contribution in [2.45, 2.75) is 37.5 Å². The maximum absolute atomic E-state index is 12.8. The summed E-state index contributed by atoms with van der Waals surface area (Å²) in [5.74, 6) is 0.310. The Balaban J connectivity index is 1.56. The fourth-order valence-corrected chi connectivity index (χ4v) is 5.41. The maximum Gasteiger partial charge on any atom is 0.319 e. The molecule has 0 saturated carbocycles.